The topological polar surface area (TPSA) is 57.8 Å². The van der Waals surface area contributed by atoms with Crippen molar-refractivity contribution in [1.82, 2.24) is 4.98 Å². The van der Waals surface area contributed by atoms with Gasteiger partial charge in [-0.15, -0.1) is 0 Å². The number of pyridine rings is 1. The monoisotopic (exact) mass is 355 g/mol. The first-order valence-electron chi connectivity index (χ1n) is 9.20. The van der Waals surface area contributed by atoms with Crippen molar-refractivity contribution < 1.29 is 9.47 Å². The van der Waals surface area contributed by atoms with E-state index in [0.29, 0.717) is 26.4 Å². The Morgan fingerprint density at radius 2 is 1.73 bits per heavy atom. The molecule has 2 aliphatic rings. The van der Waals surface area contributed by atoms with Crippen LogP contribution < -0.4 is 15.4 Å². The molecule has 1 N–H and O–H groups in total. The zero-order valence-electron chi connectivity index (χ0n) is 15.1. The minimum atomic E-state index is -0.0745. The molecule has 26 heavy (non-hydrogen) atoms. The number of aromatic amines is 1. The van der Waals surface area contributed by atoms with Crippen LogP contribution >= 0.6 is 0 Å². The molecule has 0 aliphatic carbocycles. The number of nitrogens with one attached hydrogen (secondary N) is 1. The third-order valence-electron chi connectivity index (χ3n) is 5.14. The fraction of sp³-hybridized carbons (Fsp3) is 0.450. The summed E-state index contributed by atoms with van der Waals surface area (Å²) in [6, 6.07) is 14.4. The van der Waals surface area contributed by atoms with E-state index in [9.17, 15) is 4.79 Å². The molecule has 0 amide bonds. The van der Waals surface area contributed by atoms with Crippen LogP contribution in [0.4, 0.5) is 11.5 Å². The number of morpholine rings is 2. The molecule has 138 valence electrons. The third-order valence-corrected chi connectivity index (χ3v) is 5.14. The molecular weight excluding hydrogens is 330 g/mol. The van der Waals surface area contributed by atoms with Crippen molar-refractivity contribution in [3.05, 3.63) is 58.4 Å². The van der Waals surface area contributed by atoms with E-state index in [1.54, 1.807) is 6.07 Å². The summed E-state index contributed by atoms with van der Waals surface area (Å²) in [7, 11) is 0. The van der Waals surface area contributed by atoms with Crippen LogP contribution in [0.5, 0.6) is 0 Å². The lowest BCUT2D eigenvalue weighted by Gasteiger charge is -2.39. The maximum Gasteiger partial charge on any atom is 0.251 e. The van der Waals surface area contributed by atoms with Crippen molar-refractivity contribution in [1.29, 1.82) is 0 Å². The standard InChI is InChI=1S/C20H25N3O3/c1-15-13-25-9-7-22(15)17-11-19(21-20(24)12-17)23-8-10-26-14-18(23)16-5-3-2-4-6-16/h2-6,11-12,15,18H,7-10,13-14H2,1H3,(H,21,24). The molecule has 4 rings (SSSR count). The van der Waals surface area contributed by atoms with E-state index >= 15 is 0 Å². The first-order valence-corrected chi connectivity index (χ1v) is 9.20. The van der Waals surface area contributed by atoms with E-state index in [-0.39, 0.29) is 17.6 Å². The Hall–Kier alpha value is -2.31. The highest BCUT2D eigenvalue weighted by Gasteiger charge is 2.27. The first kappa shape index (κ1) is 17.1. The number of rotatable bonds is 3. The van der Waals surface area contributed by atoms with E-state index in [2.05, 4.69) is 39.9 Å². The van der Waals surface area contributed by atoms with Gasteiger partial charge in [-0.1, -0.05) is 30.3 Å². The Morgan fingerprint density at radius 1 is 1.00 bits per heavy atom. The number of benzene rings is 1. The molecule has 0 bridgehead atoms. The normalized spacial score (nSPS) is 23.9. The summed E-state index contributed by atoms with van der Waals surface area (Å²) in [5.41, 5.74) is 2.07. The summed E-state index contributed by atoms with van der Waals surface area (Å²) < 4.78 is 11.3. The zero-order chi connectivity index (χ0) is 17.9. The predicted molar refractivity (Wildman–Crippen MR) is 102 cm³/mol. The van der Waals surface area contributed by atoms with Gasteiger partial charge in [-0.05, 0) is 12.5 Å². The SMILES string of the molecule is CC1COCCN1c1cc(N2CCOCC2c2ccccc2)[nH]c(=O)c1. The lowest BCUT2D eigenvalue weighted by Crippen LogP contribution is -2.44. The zero-order valence-corrected chi connectivity index (χ0v) is 15.1. The molecule has 0 spiro atoms. The van der Waals surface area contributed by atoms with Crippen LogP contribution in [-0.2, 0) is 9.47 Å². The summed E-state index contributed by atoms with van der Waals surface area (Å²) >= 11 is 0. The largest absolute Gasteiger partial charge is 0.377 e. The number of H-pyrrole nitrogens is 1. The Kier molecular flexibility index (Phi) is 4.95. The molecule has 1 aromatic heterocycles. The Labute approximate surface area is 153 Å². The molecule has 2 fully saturated rings. The fourth-order valence-electron chi connectivity index (χ4n) is 3.79. The van der Waals surface area contributed by atoms with Gasteiger partial charge in [0.25, 0.3) is 5.56 Å². The lowest BCUT2D eigenvalue weighted by molar-refractivity contribution is 0.0936. The quantitative estimate of drug-likeness (QED) is 0.915. The van der Waals surface area contributed by atoms with Gasteiger partial charge in [-0.3, -0.25) is 4.79 Å². The van der Waals surface area contributed by atoms with Gasteiger partial charge in [0.15, 0.2) is 0 Å². The predicted octanol–water partition coefficient (Wildman–Crippen LogP) is 2.18. The average Bonchev–Trinajstić information content (AvgIpc) is 2.68. The van der Waals surface area contributed by atoms with Crippen molar-refractivity contribution >= 4 is 11.5 Å². The minimum Gasteiger partial charge on any atom is -0.377 e. The lowest BCUT2D eigenvalue weighted by atomic mass is 10.0. The van der Waals surface area contributed by atoms with Crippen LogP contribution in [0.1, 0.15) is 18.5 Å². The summed E-state index contributed by atoms with van der Waals surface area (Å²) in [5, 5.41) is 0. The van der Waals surface area contributed by atoms with Crippen LogP contribution in [-0.4, -0.2) is 50.5 Å². The van der Waals surface area contributed by atoms with Crippen molar-refractivity contribution in [3.63, 3.8) is 0 Å². The molecule has 2 saturated heterocycles. The number of hydrogen-bond donors (Lipinski definition) is 1. The Morgan fingerprint density at radius 3 is 2.50 bits per heavy atom. The molecule has 3 heterocycles. The third kappa shape index (κ3) is 3.48. The summed E-state index contributed by atoms with van der Waals surface area (Å²) in [5.74, 6) is 0.850. The van der Waals surface area contributed by atoms with E-state index in [4.69, 9.17) is 9.47 Å². The van der Waals surface area contributed by atoms with Crippen LogP contribution in [0, 0.1) is 0 Å². The summed E-state index contributed by atoms with van der Waals surface area (Å²) in [6.07, 6.45) is 0. The van der Waals surface area contributed by atoms with Gasteiger partial charge in [0.05, 0.1) is 32.5 Å². The Balaban J connectivity index is 1.68. The minimum absolute atomic E-state index is 0.0745. The highest BCUT2D eigenvalue weighted by molar-refractivity contribution is 5.57. The summed E-state index contributed by atoms with van der Waals surface area (Å²) in [4.78, 5) is 19.9. The van der Waals surface area contributed by atoms with E-state index in [0.717, 1.165) is 24.6 Å². The second kappa shape index (κ2) is 7.51. The molecule has 2 unspecified atom stereocenters. The van der Waals surface area contributed by atoms with Gasteiger partial charge in [0, 0.05) is 37.0 Å². The van der Waals surface area contributed by atoms with Crippen molar-refractivity contribution in [2.45, 2.75) is 19.0 Å². The summed E-state index contributed by atoms with van der Waals surface area (Å²) in [6.45, 7) is 6.32. The van der Waals surface area contributed by atoms with E-state index in [1.807, 2.05) is 18.2 Å². The average molecular weight is 355 g/mol. The maximum absolute atomic E-state index is 12.4. The van der Waals surface area contributed by atoms with Gasteiger partial charge >= 0.3 is 0 Å². The fourth-order valence-corrected chi connectivity index (χ4v) is 3.79. The Bertz CT molecular complexity index is 792. The molecule has 2 aromatic rings. The number of anilines is 2. The highest BCUT2D eigenvalue weighted by atomic mass is 16.5. The number of aromatic nitrogens is 1. The molecule has 0 saturated carbocycles. The number of nitrogens with zero attached hydrogens (tertiary/aromatic N) is 2. The molecule has 6 nitrogen and oxygen atoms in total. The van der Waals surface area contributed by atoms with Gasteiger partial charge in [-0.2, -0.15) is 0 Å². The van der Waals surface area contributed by atoms with Crippen LogP contribution in [0.25, 0.3) is 0 Å². The molecule has 2 atom stereocenters. The van der Waals surface area contributed by atoms with Crippen molar-refractivity contribution in [2.24, 2.45) is 0 Å². The maximum atomic E-state index is 12.4. The molecule has 2 aliphatic heterocycles. The van der Waals surface area contributed by atoms with E-state index in [1.165, 1.54) is 5.56 Å². The molecule has 0 radical (unpaired) electrons. The van der Waals surface area contributed by atoms with E-state index < -0.39 is 0 Å². The second-order valence-electron chi connectivity index (χ2n) is 6.90. The molecular formula is C20H25N3O3. The van der Waals surface area contributed by atoms with Crippen LogP contribution in [0.15, 0.2) is 47.3 Å². The van der Waals surface area contributed by atoms with Crippen LogP contribution in [0.3, 0.4) is 0 Å². The smallest absolute Gasteiger partial charge is 0.251 e. The van der Waals surface area contributed by atoms with Gasteiger partial charge < -0.3 is 24.3 Å². The van der Waals surface area contributed by atoms with Gasteiger partial charge in [0.2, 0.25) is 0 Å². The van der Waals surface area contributed by atoms with Gasteiger partial charge in [-0.25, -0.2) is 0 Å². The van der Waals surface area contributed by atoms with Gasteiger partial charge in [0.1, 0.15) is 5.82 Å². The first-order chi connectivity index (χ1) is 12.7. The molecule has 1 aromatic carbocycles. The molecule has 6 heteroatoms. The second-order valence-corrected chi connectivity index (χ2v) is 6.90. The number of ether oxygens (including phenoxy) is 2. The van der Waals surface area contributed by atoms with Crippen LogP contribution in [0.2, 0.25) is 0 Å². The van der Waals surface area contributed by atoms with Crippen molar-refractivity contribution in [2.75, 3.05) is 49.3 Å². The van der Waals surface area contributed by atoms with Crippen molar-refractivity contribution in [3.8, 4) is 0 Å². The highest BCUT2D eigenvalue weighted by Crippen LogP contribution is 2.30. The number of hydrogen-bond acceptors (Lipinski definition) is 5.